The molecule has 0 radical (unpaired) electrons. The second kappa shape index (κ2) is 19.7. The molecule has 0 fully saturated rings. The molecule has 0 saturated carbocycles. The molecule has 188 valence electrons. The van der Waals surface area contributed by atoms with Crippen molar-refractivity contribution in [1.82, 2.24) is 0 Å². The lowest BCUT2D eigenvalue weighted by atomic mass is 10.2. The maximum atomic E-state index is 2.42. The van der Waals surface area contributed by atoms with Crippen LogP contribution in [0.25, 0.3) is 0 Å². The fourth-order valence-corrected chi connectivity index (χ4v) is 6.98. The van der Waals surface area contributed by atoms with Gasteiger partial charge in [0, 0.05) is 0 Å². The molecule has 0 aliphatic carbocycles. The Hall–Kier alpha value is 0.270. The maximum absolute atomic E-state index is 2.42. The van der Waals surface area contributed by atoms with Crippen LogP contribution in [0.1, 0.15) is 111 Å². The lowest BCUT2D eigenvalue weighted by molar-refractivity contribution is -0.890. The number of quaternary nitrogens is 2. The van der Waals surface area contributed by atoms with E-state index >= 15 is 0 Å². The molecule has 0 heterocycles. The van der Waals surface area contributed by atoms with Crippen LogP contribution < -0.4 is 0 Å². The molecule has 31 heavy (non-hydrogen) atoms. The summed E-state index contributed by atoms with van der Waals surface area (Å²) >= 11 is 0. The Morgan fingerprint density at radius 2 is 0.710 bits per heavy atom. The Labute approximate surface area is 202 Å². The third kappa shape index (κ3) is 20.6. The highest BCUT2D eigenvalue weighted by Gasteiger charge is 2.18. The van der Waals surface area contributed by atoms with E-state index in [2.05, 4.69) is 49.0 Å². The summed E-state index contributed by atoms with van der Waals surface area (Å²) in [4.78, 5) is 0. The molecule has 0 N–H and O–H groups in total. The second-order valence-electron chi connectivity index (χ2n) is 11.4. The van der Waals surface area contributed by atoms with E-state index in [0.29, 0.717) is 10.9 Å². The van der Waals surface area contributed by atoms with E-state index in [-0.39, 0.29) is 0 Å². The molecule has 0 aromatic rings. The molecule has 0 aliphatic heterocycles. The molecule has 3 heteroatoms. The van der Waals surface area contributed by atoms with Crippen molar-refractivity contribution in [3.63, 3.8) is 0 Å². The second-order valence-corrected chi connectivity index (χ2v) is 13.8. The van der Waals surface area contributed by atoms with Gasteiger partial charge in [-0.2, -0.15) is 0 Å². The van der Waals surface area contributed by atoms with Crippen molar-refractivity contribution in [2.75, 3.05) is 71.6 Å². The normalized spacial score (nSPS) is 12.8. The van der Waals surface area contributed by atoms with Gasteiger partial charge in [0.2, 0.25) is 0 Å². The Bertz CT molecular complexity index is 349. The number of unbranched alkanes of at least 4 members (excludes halogenated alkanes) is 9. The van der Waals surface area contributed by atoms with Crippen LogP contribution in [0.3, 0.4) is 0 Å². The molecule has 0 aliphatic rings. The third-order valence-electron chi connectivity index (χ3n) is 6.91. The zero-order chi connectivity index (χ0) is 23.4. The van der Waals surface area contributed by atoms with E-state index < -0.39 is 0 Å². The summed E-state index contributed by atoms with van der Waals surface area (Å²) in [5.41, 5.74) is 0. The van der Waals surface area contributed by atoms with Gasteiger partial charge >= 0.3 is 0 Å². The standard InChI is InChI=1S/C28H63N2S/c1-8-11-22-29(4,5)24-18-14-16-20-27-31(26-13-10-3)28-21-17-15-19-25-30(6,7)23-12-9-2/h8-28H2,1-7H3/q+3. The van der Waals surface area contributed by atoms with E-state index in [0.717, 1.165) is 0 Å². The first kappa shape index (κ1) is 31.3. The summed E-state index contributed by atoms with van der Waals surface area (Å²) in [6.07, 6.45) is 19.9. The van der Waals surface area contributed by atoms with Crippen molar-refractivity contribution in [2.24, 2.45) is 0 Å². The highest BCUT2D eigenvalue weighted by Crippen LogP contribution is 2.14. The van der Waals surface area contributed by atoms with Gasteiger partial charge in [0.15, 0.2) is 0 Å². The fraction of sp³-hybridized carbons (Fsp3) is 1.00. The molecule has 0 atom stereocenters. The molecule has 0 amide bonds. The largest absolute Gasteiger partial charge is 0.328 e. The first-order chi connectivity index (χ1) is 14.8. The van der Waals surface area contributed by atoms with Gasteiger partial charge in [0.05, 0.1) is 54.4 Å². The van der Waals surface area contributed by atoms with Crippen LogP contribution in [0.2, 0.25) is 0 Å². The predicted octanol–water partition coefficient (Wildman–Crippen LogP) is 7.28. The zero-order valence-corrected chi connectivity index (χ0v) is 24.0. The zero-order valence-electron chi connectivity index (χ0n) is 23.2. The van der Waals surface area contributed by atoms with Crippen molar-refractivity contribution >= 4 is 10.9 Å². The summed E-state index contributed by atoms with van der Waals surface area (Å²) in [6.45, 7) is 12.4. The van der Waals surface area contributed by atoms with Gasteiger partial charge in [-0.15, -0.1) is 0 Å². The third-order valence-corrected chi connectivity index (χ3v) is 9.51. The van der Waals surface area contributed by atoms with Gasteiger partial charge in [0.25, 0.3) is 0 Å². The number of nitrogens with zero attached hydrogens (tertiary/aromatic N) is 2. The predicted molar refractivity (Wildman–Crippen MR) is 147 cm³/mol. The van der Waals surface area contributed by atoms with E-state index in [1.807, 2.05) is 0 Å². The molecule has 0 bridgehead atoms. The first-order valence-electron chi connectivity index (χ1n) is 14.0. The Morgan fingerprint density at radius 3 is 1.10 bits per heavy atom. The molecule has 0 spiro atoms. The molecule has 0 aromatic carbocycles. The highest BCUT2D eigenvalue weighted by atomic mass is 32.2. The highest BCUT2D eigenvalue weighted by molar-refractivity contribution is 7.96. The minimum Gasteiger partial charge on any atom is -0.328 e. The summed E-state index contributed by atoms with van der Waals surface area (Å²) < 4.78 is 2.45. The lowest BCUT2D eigenvalue weighted by Gasteiger charge is -2.29. The minimum absolute atomic E-state index is 0.714. The van der Waals surface area contributed by atoms with Crippen LogP contribution in [0.15, 0.2) is 0 Å². The number of hydrogen-bond donors (Lipinski definition) is 0. The van der Waals surface area contributed by atoms with E-state index in [4.69, 9.17) is 0 Å². The van der Waals surface area contributed by atoms with Crippen molar-refractivity contribution in [2.45, 2.75) is 111 Å². The van der Waals surface area contributed by atoms with Crippen molar-refractivity contribution in [1.29, 1.82) is 0 Å². The topological polar surface area (TPSA) is 0 Å². The fourth-order valence-electron chi connectivity index (χ4n) is 4.45. The maximum Gasteiger partial charge on any atom is 0.108 e. The lowest BCUT2D eigenvalue weighted by Crippen LogP contribution is -2.41. The van der Waals surface area contributed by atoms with Crippen molar-refractivity contribution in [3.05, 3.63) is 0 Å². The summed E-state index contributed by atoms with van der Waals surface area (Å²) in [6, 6.07) is 0. The summed E-state index contributed by atoms with van der Waals surface area (Å²) in [5, 5.41) is 0. The van der Waals surface area contributed by atoms with E-state index in [1.165, 1.54) is 142 Å². The Kier molecular flexibility index (Phi) is 19.9. The van der Waals surface area contributed by atoms with Crippen LogP contribution in [0.4, 0.5) is 0 Å². The number of hydrogen-bond acceptors (Lipinski definition) is 0. The molecule has 0 unspecified atom stereocenters. The van der Waals surface area contributed by atoms with Gasteiger partial charge in [-0.25, -0.2) is 0 Å². The van der Waals surface area contributed by atoms with Gasteiger partial charge in [0.1, 0.15) is 17.3 Å². The van der Waals surface area contributed by atoms with Crippen molar-refractivity contribution in [3.8, 4) is 0 Å². The van der Waals surface area contributed by atoms with E-state index in [9.17, 15) is 0 Å². The molecule has 0 saturated heterocycles. The smallest absolute Gasteiger partial charge is 0.108 e. The van der Waals surface area contributed by atoms with Crippen LogP contribution in [-0.4, -0.2) is 80.6 Å². The van der Waals surface area contributed by atoms with Crippen LogP contribution in [0.5, 0.6) is 0 Å². The minimum atomic E-state index is 0.714. The first-order valence-corrected chi connectivity index (χ1v) is 15.8. The van der Waals surface area contributed by atoms with Gasteiger partial charge in [-0.3, -0.25) is 0 Å². The van der Waals surface area contributed by atoms with Crippen molar-refractivity contribution < 1.29 is 8.97 Å². The SMILES string of the molecule is CCCC[S+](CCCCCC[N+](C)(C)CCCC)CCCCCC[N+](C)(C)CCCC. The van der Waals surface area contributed by atoms with Gasteiger partial charge < -0.3 is 8.97 Å². The Balaban J connectivity index is 3.89. The van der Waals surface area contributed by atoms with Crippen LogP contribution in [-0.2, 0) is 10.9 Å². The quantitative estimate of drug-likeness (QED) is 0.0855. The van der Waals surface area contributed by atoms with Gasteiger partial charge in [-0.1, -0.05) is 40.0 Å². The number of rotatable bonds is 23. The monoisotopic (exact) mass is 459 g/mol. The van der Waals surface area contributed by atoms with Crippen LogP contribution >= 0.6 is 0 Å². The molecular formula is C28H63N2S+3. The summed E-state index contributed by atoms with van der Waals surface area (Å²) in [7, 11) is 10.4. The van der Waals surface area contributed by atoms with Gasteiger partial charge in [-0.05, 0) is 81.5 Å². The molecule has 0 aromatic heterocycles. The Morgan fingerprint density at radius 1 is 0.387 bits per heavy atom. The van der Waals surface area contributed by atoms with E-state index in [1.54, 1.807) is 0 Å². The average molecular weight is 460 g/mol. The molecular weight excluding hydrogens is 396 g/mol. The average Bonchev–Trinajstić information content (AvgIpc) is 2.73. The van der Waals surface area contributed by atoms with Crippen LogP contribution in [0, 0.1) is 0 Å². The summed E-state index contributed by atoms with van der Waals surface area (Å²) in [5.74, 6) is 4.56. The molecule has 2 nitrogen and oxygen atoms in total. The molecule has 0 rings (SSSR count).